The molecule has 0 N–H and O–H groups in total. The van der Waals surface area contributed by atoms with Crippen molar-refractivity contribution in [1.82, 2.24) is 0 Å². The van der Waals surface area contributed by atoms with Gasteiger partial charge in [0, 0.05) is 5.92 Å². The highest BCUT2D eigenvalue weighted by molar-refractivity contribution is 5.31. The fourth-order valence-electron chi connectivity index (χ4n) is 2.24. The molecule has 2 rings (SSSR count). The van der Waals surface area contributed by atoms with E-state index in [9.17, 15) is 0 Å². The van der Waals surface area contributed by atoms with Crippen molar-refractivity contribution >= 4 is 0 Å². The van der Waals surface area contributed by atoms with Gasteiger partial charge in [-0.15, -0.1) is 6.58 Å². The molecule has 0 saturated carbocycles. The van der Waals surface area contributed by atoms with Crippen LogP contribution < -0.4 is 4.74 Å². The first-order valence-corrected chi connectivity index (χ1v) is 6.38. The van der Waals surface area contributed by atoms with Gasteiger partial charge >= 0.3 is 0 Å². The van der Waals surface area contributed by atoms with Gasteiger partial charge in [0.25, 0.3) is 0 Å². The molecular formula is C16H20O3. The monoisotopic (exact) mass is 260 g/mol. The van der Waals surface area contributed by atoms with Gasteiger partial charge in [0.1, 0.15) is 5.75 Å². The average molecular weight is 260 g/mol. The van der Waals surface area contributed by atoms with Gasteiger partial charge in [-0.1, -0.05) is 24.8 Å². The van der Waals surface area contributed by atoms with Crippen LogP contribution >= 0.6 is 0 Å². The summed E-state index contributed by atoms with van der Waals surface area (Å²) >= 11 is 0. The molecule has 1 fully saturated rings. The van der Waals surface area contributed by atoms with E-state index in [2.05, 4.69) is 13.2 Å². The van der Waals surface area contributed by atoms with E-state index in [0.29, 0.717) is 19.8 Å². The van der Waals surface area contributed by atoms with Gasteiger partial charge in [0.15, 0.2) is 0 Å². The second-order valence-corrected chi connectivity index (χ2v) is 4.60. The Hall–Kier alpha value is -1.58. The normalized spacial score (nSPS) is 22.5. The summed E-state index contributed by atoms with van der Waals surface area (Å²) in [6.07, 6.45) is 1.77. The van der Waals surface area contributed by atoms with Crippen LogP contribution in [0.1, 0.15) is 11.7 Å². The van der Waals surface area contributed by atoms with Crippen LogP contribution in [0.3, 0.4) is 0 Å². The smallest absolute Gasteiger partial charge is 0.118 e. The molecule has 1 heterocycles. The maximum absolute atomic E-state index is 5.82. The predicted octanol–water partition coefficient (Wildman–Crippen LogP) is 3.14. The van der Waals surface area contributed by atoms with E-state index in [1.54, 1.807) is 13.2 Å². The zero-order chi connectivity index (χ0) is 13.7. The zero-order valence-corrected chi connectivity index (χ0v) is 11.3. The lowest BCUT2D eigenvalue weighted by Crippen LogP contribution is -2.15. The van der Waals surface area contributed by atoms with Gasteiger partial charge in [0.05, 0.1) is 33.0 Å². The van der Waals surface area contributed by atoms with Gasteiger partial charge in [-0.25, -0.2) is 0 Å². The summed E-state index contributed by atoms with van der Waals surface area (Å²) < 4.78 is 16.5. The van der Waals surface area contributed by atoms with Crippen LogP contribution in [0.5, 0.6) is 5.75 Å². The molecular weight excluding hydrogens is 240 g/mol. The minimum absolute atomic E-state index is 0.0169. The van der Waals surface area contributed by atoms with E-state index in [1.165, 1.54) is 0 Å². The fourth-order valence-corrected chi connectivity index (χ4v) is 2.24. The number of methoxy groups -OCH3 is 1. The van der Waals surface area contributed by atoms with Gasteiger partial charge in [-0.05, 0) is 23.3 Å². The van der Waals surface area contributed by atoms with Crippen molar-refractivity contribution in [1.29, 1.82) is 0 Å². The third-order valence-electron chi connectivity index (χ3n) is 3.32. The van der Waals surface area contributed by atoms with Crippen LogP contribution in [-0.4, -0.2) is 26.9 Å². The highest BCUT2D eigenvalue weighted by atomic mass is 16.5. The van der Waals surface area contributed by atoms with Crippen LogP contribution in [0.2, 0.25) is 0 Å². The molecule has 1 aromatic rings. The Morgan fingerprint density at radius 2 is 2.11 bits per heavy atom. The van der Waals surface area contributed by atoms with Gasteiger partial charge in [0.2, 0.25) is 0 Å². The minimum atomic E-state index is 0.0169. The lowest BCUT2D eigenvalue weighted by Gasteiger charge is -2.19. The standard InChI is InChI=1S/C16H20O3/c1-4-9-18-11-15-12(2)10-19-16(15)13-5-7-14(17-3)8-6-13/h4-8,15-16H,1-2,9-11H2,3H3/t15-,16+/m1/s1. The average Bonchev–Trinajstić information content (AvgIpc) is 2.81. The largest absolute Gasteiger partial charge is 0.497 e. The highest BCUT2D eigenvalue weighted by Crippen LogP contribution is 2.37. The van der Waals surface area contributed by atoms with Crippen LogP contribution in [0.15, 0.2) is 49.1 Å². The summed E-state index contributed by atoms with van der Waals surface area (Å²) in [7, 11) is 1.66. The Bertz CT molecular complexity index is 436. The van der Waals surface area contributed by atoms with Crippen molar-refractivity contribution in [2.75, 3.05) is 26.9 Å². The SMILES string of the molecule is C=CCOC[C@@H]1C(=C)CO[C@H]1c1ccc(OC)cc1. The first-order valence-electron chi connectivity index (χ1n) is 6.38. The van der Waals surface area contributed by atoms with Crippen molar-refractivity contribution in [3.05, 3.63) is 54.6 Å². The van der Waals surface area contributed by atoms with Crippen molar-refractivity contribution in [3.63, 3.8) is 0 Å². The Kier molecular flexibility index (Phi) is 4.77. The molecule has 0 aromatic heterocycles. The quantitative estimate of drug-likeness (QED) is 0.581. The predicted molar refractivity (Wildman–Crippen MR) is 75.3 cm³/mol. The van der Waals surface area contributed by atoms with Crippen molar-refractivity contribution in [2.24, 2.45) is 5.92 Å². The van der Waals surface area contributed by atoms with E-state index in [-0.39, 0.29) is 12.0 Å². The number of rotatable bonds is 6. The first kappa shape index (κ1) is 13.8. The molecule has 0 amide bonds. The number of hydrogen-bond donors (Lipinski definition) is 0. The molecule has 19 heavy (non-hydrogen) atoms. The molecule has 3 heteroatoms. The van der Waals surface area contributed by atoms with E-state index >= 15 is 0 Å². The van der Waals surface area contributed by atoms with E-state index in [1.807, 2.05) is 24.3 Å². The highest BCUT2D eigenvalue weighted by Gasteiger charge is 2.32. The van der Waals surface area contributed by atoms with Crippen LogP contribution in [0.25, 0.3) is 0 Å². The summed E-state index contributed by atoms with van der Waals surface area (Å²) in [5, 5.41) is 0. The Morgan fingerprint density at radius 3 is 2.74 bits per heavy atom. The summed E-state index contributed by atoms with van der Waals surface area (Å²) in [5.74, 6) is 1.05. The van der Waals surface area contributed by atoms with Crippen molar-refractivity contribution < 1.29 is 14.2 Å². The van der Waals surface area contributed by atoms with Gasteiger partial charge in [-0.2, -0.15) is 0 Å². The third kappa shape index (κ3) is 3.25. The Morgan fingerprint density at radius 1 is 1.37 bits per heavy atom. The molecule has 3 nitrogen and oxygen atoms in total. The summed E-state index contributed by atoms with van der Waals surface area (Å²) in [6, 6.07) is 7.95. The lowest BCUT2D eigenvalue weighted by molar-refractivity contribution is 0.0519. The van der Waals surface area contributed by atoms with Crippen molar-refractivity contribution in [2.45, 2.75) is 6.10 Å². The van der Waals surface area contributed by atoms with Crippen LogP contribution in [0, 0.1) is 5.92 Å². The second-order valence-electron chi connectivity index (χ2n) is 4.60. The fraction of sp³-hybridized carbons (Fsp3) is 0.375. The number of benzene rings is 1. The van der Waals surface area contributed by atoms with Gasteiger partial charge < -0.3 is 14.2 Å². The van der Waals surface area contributed by atoms with E-state index in [0.717, 1.165) is 16.9 Å². The molecule has 0 unspecified atom stereocenters. The Labute approximate surface area is 114 Å². The molecule has 1 saturated heterocycles. The maximum atomic E-state index is 5.82. The van der Waals surface area contributed by atoms with E-state index in [4.69, 9.17) is 14.2 Å². The summed E-state index contributed by atoms with van der Waals surface area (Å²) in [4.78, 5) is 0. The van der Waals surface area contributed by atoms with Crippen LogP contribution in [0.4, 0.5) is 0 Å². The molecule has 1 aromatic carbocycles. The molecule has 0 aliphatic carbocycles. The third-order valence-corrected chi connectivity index (χ3v) is 3.32. The molecule has 102 valence electrons. The van der Waals surface area contributed by atoms with Gasteiger partial charge in [-0.3, -0.25) is 0 Å². The van der Waals surface area contributed by atoms with E-state index < -0.39 is 0 Å². The molecule has 1 aliphatic rings. The molecule has 1 aliphatic heterocycles. The molecule has 0 spiro atoms. The molecule has 0 bridgehead atoms. The first-order chi connectivity index (χ1) is 9.26. The summed E-state index contributed by atoms with van der Waals surface area (Å²) in [6.45, 7) is 9.48. The minimum Gasteiger partial charge on any atom is -0.497 e. The topological polar surface area (TPSA) is 27.7 Å². The second kappa shape index (κ2) is 6.55. The lowest BCUT2D eigenvalue weighted by atomic mass is 9.93. The number of ether oxygens (including phenoxy) is 3. The molecule has 2 atom stereocenters. The zero-order valence-electron chi connectivity index (χ0n) is 11.3. The molecule has 0 radical (unpaired) electrons. The summed E-state index contributed by atoms with van der Waals surface area (Å²) in [5.41, 5.74) is 2.22. The maximum Gasteiger partial charge on any atom is 0.118 e. The Balaban J connectivity index is 2.07. The van der Waals surface area contributed by atoms with Crippen molar-refractivity contribution in [3.8, 4) is 5.75 Å². The number of hydrogen-bond acceptors (Lipinski definition) is 3. The van der Waals surface area contributed by atoms with Crippen LogP contribution in [-0.2, 0) is 9.47 Å².